The Balaban J connectivity index is 1.64. The lowest BCUT2D eigenvalue weighted by molar-refractivity contribution is -0.162. The number of unbranched alkanes of at least 4 members (excludes halogenated alkanes) is 2. The van der Waals surface area contributed by atoms with Crippen LogP contribution in [0.2, 0.25) is 5.02 Å². The SMILES string of the molecule is C=CCCCCOC(=O)[C@H]1[C@H]2C(=O)N([C@H](CO)c3ccccc3)C(C(=O)N(CC=C)c3c(C)cccc3Cl)C23CC(C)[C@]1(C)O3. The van der Waals surface area contributed by atoms with Gasteiger partial charge in [-0.1, -0.05) is 73.1 Å². The summed E-state index contributed by atoms with van der Waals surface area (Å²) in [4.78, 5) is 46.7. The van der Waals surface area contributed by atoms with Crippen LogP contribution in [0.4, 0.5) is 5.69 Å². The zero-order valence-electron chi connectivity index (χ0n) is 26.3. The van der Waals surface area contributed by atoms with E-state index in [0.29, 0.717) is 29.1 Å². The van der Waals surface area contributed by atoms with Crippen molar-refractivity contribution in [2.45, 2.75) is 69.7 Å². The van der Waals surface area contributed by atoms with E-state index in [1.807, 2.05) is 69.3 Å². The number of carbonyl (C=O) groups excluding carboxylic acids is 3. The molecule has 0 aliphatic carbocycles. The molecule has 0 radical (unpaired) electrons. The van der Waals surface area contributed by atoms with Crippen molar-refractivity contribution < 1.29 is 29.0 Å². The average Bonchev–Trinajstić information content (AvgIpc) is 3.53. The molecule has 3 fully saturated rings. The highest BCUT2D eigenvalue weighted by Gasteiger charge is 2.81. The molecule has 240 valence electrons. The molecular formula is C36H43ClN2O6. The number of benzene rings is 2. The molecule has 1 N–H and O–H groups in total. The second-order valence-corrected chi connectivity index (χ2v) is 13.1. The maximum absolute atomic E-state index is 15.1. The van der Waals surface area contributed by atoms with E-state index in [4.69, 9.17) is 21.1 Å². The van der Waals surface area contributed by atoms with Crippen molar-refractivity contribution in [3.05, 3.63) is 90.0 Å². The van der Waals surface area contributed by atoms with Crippen LogP contribution in [0.1, 0.15) is 56.7 Å². The number of fused-ring (bicyclic) bond motifs is 1. The first kappa shape index (κ1) is 32.9. The van der Waals surface area contributed by atoms with Crippen LogP contribution < -0.4 is 4.90 Å². The number of aliphatic hydroxyl groups excluding tert-OH is 1. The highest BCUT2D eigenvalue weighted by Crippen LogP contribution is 2.66. The number of halogens is 1. The highest BCUT2D eigenvalue weighted by atomic mass is 35.5. The second-order valence-electron chi connectivity index (χ2n) is 12.7. The quantitative estimate of drug-likeness (QED) is 0.170. The fourth-order valence-electron chi connectivity index (χ4n) is 7.87. The Kier molecular flexibility index (Phi) is 9.59. The van der Waals surface area contributed by atoms with Gasteiger partial charge in [-0.05, 0) is 62.6 Å². The summed E-state index contributed by atoms with van der Waals surface area (Å²) >= 11 is 6.69. The number of para-hydroxylation sites is 1. The molecule has 9 heteroatoms. The lowest BCUT2D eigenvalue weighted by atomic mass is 9.62. The van der Waals surface area contributed by atoms with Gasteiger partial charge in [-0.3, -0.25) is 14.4 Å². The summed E-state index contributed by atoms with van der Waals surface area (Å²) in [5.41, 5.74) is -0.389. The Labute approximate surface area is 270 Å². The fourth-order valence-corrected chi connectivity index (χ4v) is 8.19. The molecule has 2 amide bonds. The summed E-state index contributed by atoms with van der Waals surface area (Å²) in [6.07, 6.45) is 6.13. The van der Waals surface area contributed by atoms with E-state index < -0.39 is 59.5 Å². The Bertz CT molecular complexity index is 1440. The molecule has 5 rings (SSSR count). The molecule has 1 spiro atoms. The fraction of sp³-hybridized carbons (Fsp3) is 0.472. The minimum absolute atomic E-state index is 0.126. The van der Waals surface area contributed by atoms with E-state index >= 15 is 4.79 Å². The van der Waals surface area contributed by atoms with E-state index in [0.717, 1.165) is 18.4 Å². The van der Waals surface area contributed by atoms with Gasteiger partial charge in [0.05, 0.1) is 41.5 Å². The molecule has 0 aromatic heterocycles. The van der Waals surface area contributed by atoms with Gasteiger partial charge in [0.2, 0.25) is 5.91 Å². The first-order chi connectivity index (χ1) is 21.6. The zero-order valence-corrected chi connectivity index (χ0v) is 27.0. The Morgan fingerprint density at radius 3 is 2.56 bits per heavy atom. The third-order valence-electron chi connectivity index (χ3n) is 10.0. The Morgan fingerprint density at radius 1 is 1.18 bits per heavy atom. The summed E-state index contributed by atoms with van der Waals surface area (Å²) < 4.78 is 12.7. The van der Waals surface area contributed by atoms with Crippen LogP contribution in [0.3, 0.4) is 0 Å². The lowest BCUT2D eigenvalue weighted by Gasteiger charge is -2.40. The molecule has 0 saturated carbocycles. The van der Waals surface area contributed by atoms with Crippen LogP contribution in [0.25, 0.3) is 0 Å². The lowest BCUT2D eigenvalue weighted by Crippen LogP contribution is -2.57. The molecule has 3 aliphatic heterocycles. The summed E-state index contributed by atoms with van der Waals surface area (Å²) in [6, 6.07) is 12.5. The monoisotopic (exact) mass is 634 g/mol. The Morgan fingerprint density at radius 2 is 1.91 bits per heavy atom. The topological polar surface area (TPSA) is 96.4 Å². The molecule has 3 unspecified atom stereocenters. The van der Waals surface area contributed by atoms with Crippen molar-refractivity contribution in [2.24, 2.45) is 17.8 Å². The van der Waals surface area contributed by atoms with Crippen LogP contribution in [0.5, 0.6) is 0 Å². The van der Waals surface area contributed by atoms with Crippen molar-refractivity contribution in [3.8, 4) is 0 Å². The van der Waals surface area contributed by atoms with Crippen LogP contribution in [-0.2, 0) is 23.9 Å². The first-order valence-corrected chi connectivity index (χ1v) is 16.1. The van der Waals surface area contributed by atoms with Crippen molar-refractivity contribution in [3.63, 3.8) is 0 Å². The number of likely N-dealkylation sites (tertiary alicyclic amines) is 1. The summed E-state index contributed by atoms with van der Waals surface area (Å²) in [5.74, 6) is -3.36. The number of ether oxygens (including phenoxy) is 2. The van der Waals surface area contributed by atoms with Crippen molar-refractivity contribution in [2.75, 3.05) is 24.7 Å². The normalized spacial score (nSPS) is 28.9. The molecule has 45 heavy (non-hydrogen) atoms. The molecule has 7 atom stereocenters. The van der Waals surface area contributed by atoms with E-state index in [2.05, 4.69) is 13.2 Å². The maximum Gasteiger partial charge on any atom is 0.312 e. The number of rotatable bonds is 13. The third kappa shape index (κ3) is 5.41. The van der Waals surface area contributed by atoms with Crippen molar-refractivity contribution >= 4 is 35.1 Å². The number of allylic oxidation sites excluding steroid dienone is 1. The Hall–Kier alpha value is -3.46. The number of aryl methyl sites for hydroxylation is 1. The molecule has 2 aromatic carbocycles. The van der Waals surface area contributed by atoms with Gasteiger partial charge in [-0.25, -0.2) is 0 Å². The predicted octanol–water partition coefficient (Wildman–Crippen LogP) is 5.81. The second kappa shape index (κ2) is 13.1. The van der Waals surface area contributed by atoms with Gasteiger partial charge in [-0.2, -0.15) is 0 Å². The van der Waals surface area contributed by atoms with Gasteiger partial charge in [0.1, 0.15) is 17.6 Å². The van der Waals surface area contributed by atoms with E-state index in [1.54, 1.807) is 17.0 Å². The van der Waals surface area contributed by atoms with Crippen LogP contribution in [-0.4, -0.2) is 64.8 Å². The standard InChI is InChI=1S/C36H43ClN2O6/c1-6-8-9-13-20-44-34(43)29-28-32(41)39(27(22-40)25-16-11-10-12-17-25)31(36(28)21-24(4)35(29,5)45-36)33(42)38(19-7-2)30-23(3)15-14-18-26(30)37/h6-7,10-12,14-18,24,27-29,31,40H,1-2,8-9,13,19-22H2,3-5H3/t24?,27-,28+,29-,31?,35+,36?/m1/s1. The van der Waals surface area contributed by atoms with Crippen LogP contribution in [0.15, 0.2) is 73.8 Å². The van der Waals surface area contributed by atoms with Gasteiger partial charge in [0.25, 0.3) is 5.91 Å². The van der Waals surface area contributed by atoms with Crippen LogP contribution in [0, 0.1) is 24.7 Å². The number of aliphatic hydroxyl groups is 1. The van der Waals surface area contributed by atoms with Crippen molar-refractivity contribution in [1.82, 2.24) is 4.90 Å². The summed E-state index contributed by atoms with van der Waals surface area (Å²) in [5, 5.41) is 11.2. The average molecular weight is 635 g/mol. The molecule has 3 saturated heterocycles. The third-order valence-corrected chi connectivity index (χ3v) is 10.3. The minimum atomic E-state index is -1.33. The molecule has 2 bridgehead atoms. The smallest absolute Gasteiger partial charge is 0.312 e. The number of anilines is 1. The van der Waals surface area contributed by atoms with Gasteiger partial charge in [0, 0.05) is 6.54 Å². The largest absolute Gasteiger partial charge is 0.465 e. The maximum atomic E-state index is 15.1. The number of nitrogens with zero attached hydrogens (tertiary/aromatic N) is 2. The minimum Gasteiger partial charge on any atom is -0.465 e. The first-order valence-electron chi connectivity index (χ1n) is 15.7. The molecular weight excluding hydrogens is 592 g/mol. The highest BCUT2D eigenvalue weighted by molar-refractivity contribution is 6.34. The molecule has 3 aliphatic rings. The molecule has 8 nitrogen and oxygen atoms in total. The van der Waals surface area contributed by atoms with Gasteiger partial charge in [0.15, 0.2) is 0 Å². The summed E-state index contributed by atoms with van der Waals surface area (Å²) in [6.45, 7) is 13.3. The van der Waals surface area contributed by atoms with E-state index in [9.17, 15) is 14.7 Å². The number of amides is 2. The summed E-state index contributed by atoms with van der Waals surface area (Å²) in [7, 11) is 0. The molecule has 3 heterocycles. The van der Waals surface area contributed by atoms with Crippen molar-refractivity contribution in [1.29, 1.82) is 0 Å². The number of carbonyl (C=O) groups is 3. The zero-order chi connectivity index (χ0) is 32.5. The predicted molar refractivity (Wildman–Crippen MR) is 174 cm³/mol. The van der Waals surface area contributed by atoms with Gasteiger partial charge < -0.3 is 24.4 Å². The number of hydrogen-bond donors (Lipinski definition) is 1. The van der Waals surface area contributed by atoms with Crippen LogP contribution >= 0.6 is 11.6 Å². The van der Waals surface area contributed by atoms with Gasteiger partial charge >= 0.3 is 5.97 Å². The number of esters is 1. The van der Waals surface area contributed by atoms with E-state index in [-0.39, 0.29) is 19.1 Å². The molecule has 2 aromatic rings. The number of hydrogen-bond acceptors (Lipinski definition) is 6. The van der Waals surface area contributed by atoms with E-state index in [1.165, 1.54) is 4.90 Å². The van der Waals surface area contributed by atoms with Gasteiger partial charge in [-0.15, -0.1) is 13.2 Å².